The molecule has 2 N–H and O–H groups in total. The summed E-state index contributed by atoms with van der Waals surface area (Å²) in [6, 6.07) is 140. The molecule has 0 aliphatic carbocycles. The van der Waals surface area contributed by atoms with Crippen LogP contribution in [0, 0.1) is 12.1 Å². The zero-order valence-corrected chi connectivity index (χ0v) is 85.1. The fourth-order valence-corrected chi connectivity index (χ4v) is 19.8. The SMILES string of the molecule is CC(C)(C)c1cc(-c2nc3c(-c4[c-]c(-c5cc6c7ccccc7n(-c7ccccc7)c6cn5)cc(-c5ccccc5)c4)cccc3n2-c2ccccc2-c2ccccc2)c(O)c(C(C)(C)C)c1.CC(C)(C)c1cc(-c2nc3c(-c4[c-]c(-c5cc6c7ccccc7n(-c7ccccc7)c6cn5)cc(C(C)(C)c5ccccc5)c4)cccc3n2-c2ccccc2-c2ccccc2)c(O)c(C(C)(C)C)c1.[Pt].[Pt]. The van der Waals surface area contributed by atoms with Gasteiger partial charge in [-0.25, -0.2) is 9.97 Å². The smallest absolute Gasteiger partial charge is 0.148 e. The number of aromatic hydroxyl groups is 2. The minimum atomic E-state index is -0.386. The van der Waals surface area contributed by atoms with Crippen LogP contribution in [0.1, 0.15) is 130 Å². The molecule has 6 aromatic heterocycles. The van der Waals surface area contributed by atoms with E-state index in [1.165, 1.54) is 5.56 Å². The molecule has 0 fully saturated rings. The van der Waals surface area contributed by atoms with Gasteiger partial charge in [-0.15, -0.1) is 53.1 Å². The number of phenols is 2. The Morgan fingerprint density at radius 1 is 0.245 bits per heavy atom. The molecule has 0 radical (unpaired) electrons. The van der Waals surface area contributed by atoms with Gasteiger partial charge in [0, 0.05) is 127 Å². The Morgan fingerprint density at radius 3 is 1.00 bits per heavy atom. The summed E-state index contributed by atoms with van der Waals surface area (Å²) >= 11 is 0. The van der Waals surface area contributed by atoms with Gasteiger partial charge < -0.3 is 19.3 Å². The molecule has 16 aromatic carbocycles. The molecule has 0 saturated carbocycles. The normalized spacial score (nSPS) is 12.0. The molecule has 6 heterocycles. The number of hydrogen-bond donors (Lipinski definition) is 2. The minimum absolute atomic E-state index is 0. The third-order valence-corrected chi connectivity index (χ3v) is 27.2. The Hall–Kier alpha value is -14.7. The van der Waals surface area contributed by atoms with Gasteiger partial charge in [0.05, 0.1) is 66.6 Å². The molecule has 0 saturated heterocycles. The first-order valence-corrected chi connectivity index (χ1v) is 47.4. The Bertz CT molecular complexity index is 8400. The van der Waals surface area contributed by atoms with E-state index in [0.29, 0.717) is 22.8 Å². The van der Waals surface area contributed by atoms with Crippen molar-refractivity contribution in [2.75, 3.05) is 0 Å². The molecule has 0 unspecified atom stereocenters. The van der Waals surface area contributed by atoms with Crippen molar-refractivity contribution in [1.82, 2.24) is 38.2 Å². The zero-order chi connectivity index (χ0) is 94.6. The summed E-state index contributed by atoms with van der Waals surface area (Å²) in [5.74, 6) is 1.82. The molecule has 0 aliphatic heterocycles. The molecule has 10 nitrogen and oxygen atoms in total. The number of pyridine rings is 2. The fraction of sp³-hybridized carbons (Fsp3) is 0.150. The van der Waals surface area contributed by atoms with Crippen LogP contribution in [0.2, 0.25) is 0 Å². The molecule has 139 heavy (non-hydrogen) atoms. The number of hydrogen-bond acceptors (Lipinski definition) is 6. The summed E-state index contributed by atoms with van der Waals surface area (Å²) in [7, 11) is 0. The van der Waals surface area contributed by atoms with Gasteiger partial charge in [0.1, 0.15) is 23.1 Å². The number of imidazole rings is 2. The number of phenolic OH excluding ortho intramolecular Hbond substituents is 2. The molecular weight excluding hydrogens is 2060 g/mol. The third-order valence-electron chi connectivity index (χ3n) is 27.2. The maximum absolute atomic E-state index is 12.6. The van der Waals surface area contributed by atoms with Gasteiger partial charge in [-0.1, -0.05) is 404 Å². The van der Waals surface area contributed by atoms with Crippen LogP contribution < -0.4 is 0 Å². The number of nitrogens with zero attached hydrogens (tertiary/aromatic N) is 8. The van der Waals surface area contributed by atoms with Crippen LogP contribution in [0.3, 0.4) is 0 Å². The van der Waals surface area contributed by atoms with Crippen LogP contribution in [0.4, 0.5) is 0 Å². The molecule has 0 amide bonds. The van der Waals surface area contributed by atoms with Crippen LogP contribution >= 0.6 is 0 Å². The third kappa shape index (κ3) is 17.4. The van der Waals surface area contributed by atoms with Gasteiger partial charge in [-0.2, -0.15) is 0 Å². The zero-order valence-electron chi connectivity index (χ0n) is 80.6. The van der Waals surface area contributed by atoms with Crippen molar-refractivity contribution in [1.29, 1.82) is 0 Å². The van der Waals surface area contributed by atoms with Crippen molar-refractivity contribution < 1.29 is 52.3 Å². The average Bonchev–Trinajstić information content (AvgIpc) is 1.59. The molecule has 22 rings (SSSR count). The number of aromatic nitrogens is 8. The van der Waals surface area contributed by atoms with E-state index in [1.54, 1.807) is 0 Å². The fourth-order valence-electron chi connectivity index (χ4n) is 19.8. The Kier molecular flexibility index (Phi) is 24.9. The minimum Gasteiger partial charge on any atom is -0.507 e. The van der Waals surface area contributed by atoms with E-state index >= 15 is 0 Å². The van der Waals surface area contributed by atoms with Crippen LogP contribution in [0.5, 0.6) is 11.5 Å². The largest absolute Gasteiger partial charge is 0.507 e. The average molecular weight is 2170 g/mol. The van der Waals surface area contributed by atoms with Crippen LogP contribution in [-0.4, -0.2) is 48.4 Å². The van der Waals surface area contributed by atoms with Crippen LogP contribution in [0.25, 0.3) is 189 Å². The number of para-hydroxylation sites is 8. The Morgan fingerprint density at radius 2 is 0.583 bits per heavy atom. The van der Waals surface area contributed by atoms with Gasteiger partial charge in [0.2, 0.25) is 0 Å². The second kappa shape index (κ2) is 37.0. The maximum Gasteiger partial charge on any atom is 0.148 e. The van der Waals surface area contributed by atoms with Crippen LogP contribution in [0.15, 0.2) is 389 Å². The molecule has 0 aliphatic rings. The first-order chi connectivity index (χ1) is 66.1. The summed E-state index contributed by atoms with van der Waals surface area (Å²) < 4.78 is 9.09. The summed E-state index contributed by atoms with van der Waals surface area (Å²) in [4.78, 5) is 21.8. The van der Waals surface area contributed by atoms with E-state index in [0.717, 1.165) is 194 Å². The number of benzene rings is 16. The predicted octanol–water partition coefficient (Wildman–Crippen LogP) is 32.6. The van der Waals surface area contributed by atoms with E-state index in [4.69, 9.17) is 19.9 Å². The van der Waals surface area contributed by atoms with E-state index in [2.05, 4.69) is 491 Å². The molecule has 22 aromatic rings. The van der Waals surface area contributed by atoms with Crippen molar-refractivity contribution in [3.05, 3.63) is 434 Å². The molecule has 0 spiro atoms. The first kappa shape index (κ1) is 93.4. The molecular formula is C127H108N8O2Pt2-2. The van der Waals surface area contributed by atoms with E-state index in [9.17, 15) is 10.2 Å². The summed E-state index contributed by atoms with van der Waals surface area (Å²) in [6.45, 7) is 30.9. The molecule has 0 atom stereocenters. The van der Waals surface area contributed by atoms with E-state index in [-0.39, 0.29) is 80.7 Å². The second-order valence-electron chi connectivity index (χ2n) is 40.8. The molecule has 690 valence electrons. The van der Waals surface area contributed by atoms with Gasteiger partial charge in [0.25, 0.3) is 0 Å². The topological polar surface area (TPSA) is 112 Å². The van der Waals surface area contributed by atoms with Crippen molar-refractivity contribution >= 4 is 65.7 Å². The van der Waals surface area contributed by atoms with Gasteiger partial charge in [-0.3, -0.25) is 19.1 Å². The summed E-state index contributed by atoms with van der Waals surface area (Å²) in [5.41, 5.74) is 31.8. The molecule has 12 heteroatoms. The monoisotopic (exact) mass is 2170 g/mol. The predicted molar refractivity (Wildman–Crippen MR) is 570 cm³/mol. The first-order valence-electron chi connectivity index (χ1n) is 47.4. The van der Waals surface area contributed by atoms with Crippen molar-refractivity contribution in [2.45, 2.75) is 124 Å². The Labute approximate surface area is 842 Å². The van der Waals surface area contributed by atoms with E-state index in [1.807, 2.05) is 24.5 Å². The maximum atomic E-state index is 12.6. The second-order valence-corrected chi connectivity index (χ2v) is 40.8. The van der Waals surface area contributed by atoms with Gasteiger partial charge >= 0.3 is 0 Å². The summed E-state index contributed by atoms with van der Waals surface area (Å²) in [6.07, 6.45) is 4.02. The standard InChI is InChI=1S/C65H57N4O.C62H51N4O.2Pt/c1-63(2,3)46-38-53(61(70)54(39-46)64(4,5)6)62-67-60-50(31-22-34-58(60)69(62)56-32-20-18-29-49(56)42-23-12-9-13-24-42)43-35-44(37-47(36-43)65(7,8)45-25-14-10-15-26-45)55-40-52-51-30-19-21-33-57(51)68(59(52)41-66-55)48-27-16-11-17-28-48;1-61(2,3)45-36-51(59(67)52(37-45)62(4,5)6)60-64-58-48(29-20-32-56(58)66(60)54-30-18-16-27-47(54)41-23-12-8-13-24-41)43-33-42(40-21-10-7-11-22-40)34-44(35-43)53-38-50-49-28-17-19-31-55(49)65(57(50)39-63-53)46-25-14-9-15-26-46;;/h9-34,36-41,70H,1-8H3;7-34,36-39,67H,1-6H3;;/q2*-1;;. The Balaban J connectivity index is 0.000000175. The molecule has 0 bridgehead atoms. The quantitative estimate of drug-likeness (QED) is 0.0989. The van der Waals surface area contributed by atoms with Gasteiger partial charge in [-0.05, 0) is 128 Å². The van der Waals surface area contributed by atoms with Crippen molar-refractivity contribution in [3.8, 4) is 135 Å². The van der Waals surface area contributed by atoms with E-state index < -0.39 is 0 Å². The van der Waals surface area contributed by atoms with Gasteiger partial charge in [0.15, 0.2) is 0 Å². The van der Waals surface area contributed by atoms with Crippen molar-refractivity contribution in [2.24, 2.45) is 0 Å². The van der Waals surface area contributed by atoms with Crippen LogP contribution in [-0.2, 0) is 69.2 Å². The van der Waals surface area contributed by atoms with Crippen molar-refractivity contribution in [3.63, 3.8) is 0 Å². The number of rotatable bonds is 15. The summed E-state index contributed by atoms with van der Waals surface area (Å²) in [5, 5.41) is 29.7. The number of fused-ring (bicyclic) bond motifs is 8.